The molecule has 5 aliphatic rings. The quantitative estimate of drug-likeness (QED) is 0.233. The highest BCUT2D eigenvalue weighted by atomic mass is 35.5. The number of fused-ring (bicyclic) bond motifs is 3. The van der Waals surface area contributed by atoms with Gasteiger partial charge >= 0.3 is 5.97 Å². The second-order valence-corrected chi connectivity index (χ2v) is 14.4. The lowest BCUT2D eigenvalue weighted by Crippen LogP contribution is -2.66. The summed E-state index contributed by atoms with van der Waals surface area (Å²) >= 11 is 6.34. The van der Waals surface area contributed by atoms with Gasteiger partial charge in [-0.25, -0.2) is 0 Å². The van der Waals surface area contributed by atoms with Crippen molar-refractivity contribution in [2.24, 2.45) is 50.7 Å². The van der Waals surface area contributed by atoms with E-state index >= 15 is 0 Å². The third kappa shape index (κ3) is 2.90. The molecule has 0 aromatic heterocycles. The van der Waals surface area contributed by atoms with E-state index in [0.29, 0.717) is 36.0 Å². The van der Waals surface area contributed by atoms with E-state index in [1.807, 2.05) is 0 Å². The van der Waals surface area contributed by atoms with Gasteiger partial charge in [0.15, 0.2) is 0 Å². The Morgan fingerprint density at radius 2 is 1.76 bits per heavy atom. The van der Waals surface area contributed by atoms with Crippen molar-refractivity contribution in [3.8, 4) is 6.07 Å². The monoisotopic (exact) mass is 485 g/mol. The molecule has 4 heteroatoms. The molecule has 0 aromatic rings. The fourth-order valence-electron chi connectivity index (χ4n) is 10.6. The third-order valence-electron chi connectivity index (χ3n) is 12.8. The van der Waals surface area contributed by atoms with Crippen LogP contribution in [0.1, 0.15) is 98.8 Å². The largest absolute Gasteiger partial charge is 0.461 e. The van der Waals surface area contributed by atoms with Gasteiger partial charge in [-0.05, 0) is 91.8 Å². The number of allylic oxidation sites excluding steroid dienone is 1. The summed E-state index contributed by atoms with van der Waals surface area (Å²) in [6.45, 7) is 16.6. The van der Waals surface area contributed by atoms with Gasteiger partial charge < -0.3 is 4.74 Å². The van der Waals surface area contributed by atoms with Crippen LogP contribution < -0.4 is 0 Å². The Morgan fingerprint density at radius 3 is 2.44 bits per heavy atom. The average molecular weight is 486 g/mol. The van der Waals surface area contributed by atoms with Crippen LogP contribution in [0.4, 0.5) is 0 Å². The molecule has 0 unspecified atom stereocenters. The van der Waals surface area contributed by atoms with Crippen LogP contribution in [-0.4, -0.2) is 18.0 Å². The Balaban J connectivity index is 1.56. The number of rotatable bonds is 4. The Bertz CT molecular complexity index is 937. The molecule has 0 amide bonds. The molecule has 34 heavy (non-hydrogen) atoms. The standard InChI is InChI=1S/C30H44ClNO2/c1-19(18-31)20-10-12-29(6)22(27(20,4)11-7-17-32)9-8-21-23-24-26(2,3)13-15-30(23,25(33)34-24)16-14-28(21,29)5/h20-24H,1,7-16,18H2,2-6H3/t20-,21+,22+,23-,24+,27-,28+,29+,30-/m0/s1. The number of ether oxygens (including phenoxy) is 1. The van der Waals surface area contributed by atoms with E-state index in [0.717, 1.165) is 44.1 Å². The van der Waals surface area contributed by atoms with E-state index in [1.54, 1.807) is 0 Å². The van der Waals surface area contributed by atoms with Crippen molar-refractivity contribution < 1.29 is 9.53 Å². The van der Waals surface area contributed by atoms with Gasteiger partial charge in [0.25, 0.3) is 0 Å². The number of alkyl halides is 1. The van der Waals surface area contributed by atoms with Crippen LogP contribution in [0.3, 0.4) is 0 Å². The first-order chi connectivity index (χ1) is 15.9. The molecule has 4 saturated carbocycles. The molecule has 0 spiro atoms. The molecule has 1 aliphatic heterocycles. The van der Waals surface area contributed by atoms with Crippen molar-refractivity contribution in [2.45, 2.75) is 105 Å². The first-order valence-corrected chi connectivity index (χ1v) is 14.3. The minimum Gasteiger partial charge on any atom is -0.461 e. The lowest BCUT2D eigenvalue weighted by atomic mass is 9.33. The van der Waals surface area contributed by atoms with Crippen molar-refractivity contribution in [1.82, 2.24) is 0 Å². The number of nitriles is 1. The average Bonchev–Trinajstić information content (AvgIpc) is 3.05. The molecule has 1 saturated heterocycles. The highest BCUT2D eigenvalue weighted by Crippen LogP contribution is 2.77. The number of carbonyl (C=O) groups is 1. The molecule has 2 bridgehead atoms. The van der Waals surface area contributed by atoms with Crippen LogP contribution in [0, 0.1) is 62.1 Å². The fourth-order valence-corrected chi connectivity index (χ4v) is 10.8. The van der Waals surface area contributed by atoms with Crippen molar-refractivity contribution in [2.75, 3.05) is 5.88 Å². The minimum absolute atomic E-state index is 0.0506. The van der Waals surface area contributed by atoms with Gasteiger partial charge in [0.05, 0.1) is 11.5 Å². The summed E-state index contributed by atoms with van der Waals surface area (Å²) in [5.41, 5.74) is 1.41. The Morgan fingerprint density at radius 1 is 1.06 bits per heavy atom. The normalized spacial score (nSPS) is 50.9. The van der Waals surface area contributed by atoms with Crippen molar-refractivity contribution >= 4 is 17.6 Å². The second kappa shape index (κ2) is 7.74. The van der Waals surface area contributed by atoms with Gasteiger partial charge in [-0.1, -0.05) is 46.8 Å². The first-order valence-electron chi connectivity index (χ1n) is 13.7. The maximum atomic E-state index is 13.3. The number of hydrogen-bond donors (Lipinski definition) is 0. The van der Waals surface area contributed by atoms with Crippen LogP contribution in [0.15, 0.2) is 12.2 Å². The van der Waals surface area contributed by atoms with E-state index in [4.69, 9.17) is 16.3 Å². The molecular formula is C30H44ClNO2. The zero-order valence-electron chi connectivity index (χ0n) is 22.0. The van der Waals surface area contributed by atoms with E-state index in [2.05, 4.69) is 47.3 Å². The van der Waals surface area contributed by atoms with Crippen LogP contribution in [0.2, 0.25) is 0 Å². The summed E-state index contributed by atoms with van der Waals surface area (Å²) in [6.07, 6.45) is 10.5. The summed E-state index contributed by atoms with van der Waals surface area (Å²) in [4.78, 5) is 13.3. The van der Waals surface area contributed by atoms with Gasteiger partial charge in [-0.2, -0.15) is 5.26 Å². The zero-order chi connectivity index (χ0) is 24.7. The van der Waals surface area contributed by atoms with Crippen molar-refractivity contribution in [1.29, 1.82) is 5.26 Å². The number of carbonyl (C=O) groups excluding carboxylic acids is 1. The Kier molecular flexibility index (Phi) is 5.62. The lowest BCUT2D eigenvalue weighted by Gasteiger charge is -2.71. The molecule has 5 rings (SSSR count). The smallest absolute Gasteiger partial charge is 0.312 e. The molecule has 0 radical (unpaired) electrons. The number of nitrogens with zero attached hydrogens (tertiary/aromatic N) is 1. The maximum absolute atomic E-state index is 13.3. The summed E-state index contributed by atoms with van der Waals surface area (Å²) in [5, 5.41) is 9.52. The molecule has 0 N–H and O–H groups in total. The number of esters is 1. The first kappa shape index (κ1) is 24.7. The van der Waals surface area contributed by atoms with Gasteiger partial charge in [-0.15, -0.1) is 11.6 Å². The number of hydrogen-bond acceptors (Lipinski definition) is 3. The predicted octanol–water partition coefficient (Wildman–Crippen LogP) is 7.68. The van der Waals surface area contributed by atoms with Gasteiger partial charge in [-0.3, -0.25) is 4.79 Å². The zero-order valence-corrected chi connectivity index (χ0v) is 22.8. The molecule has 4 aliphatic carbocycles. The summed E-state index contributed by atoms with van der Waals surface area (Å²) < 4.78 is 6.26. The van der Waals surface area contributed by atoms with Crippen molar-refractivity contribution in [3.63, 3.8) is 0 Å². The highest BCUT2D eigenvalue weighted by Gasteiger charge is 2.74. The molecular weight excluding hydrogens is 442 g/mol. The summed E-state index contributed by atoms with van der Waals surface area (Å²) in [6, 6.07) is 2.44. The summed E-state index contributed by atoms with van der Waals surface area (Å²) in [5.74, 6) is 2.46. The maximum Gasteiger partial charge on any atom is 0.312 e. The fraction of sp³-hybridized carbons (Fsp3) is 0.867. The number of halogens is 1. The highest BCUT2D eigenvalue weighted by molar-refractivity contribution is 6.19. The van der Waals surface area contributed by atoms with Crippen LogP contribution in [-0.2, 0) is 9.53 Å². The summed E-state index contributed by atoms with van der Waals surface area (Å²) in [7, 11) is 0. The predicted molar refractivity (Wildman–Crippen MR) is 136 cm³/mol. The Hall–Kier alpha value is -1.01. The van der Waals surface area contributed by atoms with Crippen LogP contribution in [0.5, 0.6) is 0 Å². The molecule has 0 aromatic carbocycles. The van der Waals surface area contributed by atoms with Crippen molar-refractivity contribution in [3.05, 3.63) is 12.2 Å². The van der Waals surface area contributed by atoms with E-state index in [1.165, 1.54) is 19.3 Å². The van der Waals surface area contributed by atoms with Gasteiger partial charge in [0.1, 0.15) is 6.10 Å². The van der Waals surface area contributed by atoms with Gasteiger partial charge in [0, 0.05) is 23.6 Å². The molecule has 5 fully saturated rings. The molecule has 188 valence electrons. The molecule has 9 atom stereocenters. The minimum atomic E-state index is -0.234. The molecule has 3 nitrogen and oxygen atoms in total. The SMILES string of the molecule is C=C(CCl)[C@@H]1CC[C@]2(C)[C@H](CC[C@@H]3[C@H]4[C@H]5OC(=O)[C@@]4(CCC5(C)C)CC[C@]32C)[C@@]1(C)CCC#N. The van der Waals surface area contributed by atoms with Gasteiger partial charge in [0.2, 0.25) is 0 Å². The van der Waals surface area contributed by atoms with E-state index in [9.17, 15) is 10.1 Å². The van der Waals surface area contributed by atoms with E-state index in [-0.39, 0.29) is 39.1 Å². The van der Waals surface area contributed by atoms with E-state index < -0.39 is 0 Å². The lowest BCUT2D eigenvalue weighted by molar-refractivity contribution is -0.224. The van der Waals surface area contributed by atoms with Crippen LogP contribution >= 0.6 is 11.6 Å². The topological polar surface area (TPSA) is 50.1 Å². The second-order valence-electron chi connectivity index (χ2n) is 14.1. The van der Waals surface area contributed by atoms with Crippen LogP contribution in [0.25, 0.3) is 0 Å². The Labute approximate surface area is 212 Å². The molecule has 1 heterocycles. The third-order valence-corrected chi connectivity index (χ3v) is 13.1.